The fourth-order valence-electron chi connectivity index (χ4n) is 3.98. The molecule has 0 unspecified atom stereocenters. The molecule has 1 saturated heterocycles. The molecule has 0 saturated carbocycles. The maximum absolute atomic E-state index is 13.1. The SMILES string of the molecule is COc1ccccc1C(=O)N1CCc2nc(N3CCCC3)nc(N(C)C)c2C1. The van der Waals surface area contributed by atoms with E-state index >= 15 is 0 Å². The first kappa shape index (κ1) is 18.5. The Morgan fingerprint density at radius 1 is 1.11 bits per heavy atom. The Morgan fingerprint density at radius 2 is 1.86 bits per heavy atom. The molecular weight excluding hydrogens is 354 g/mol. The molecule has 0 aliphatic carbocycles. The molecule has 2 aliphatic heterocycles. The second-order valence-electron chi connectivity index (χ2n) is 7.54. The van der Waals surface area contributed by atoms with Crippen LogP contribution < -0.4 is 14.5 Å². The maximum atomic E-state index is 13.1. The van der Waals surface area contributed by atoms with Crippen molar-refractivity contribution in [2.24, 2.45) is 0 Å². The van der Waals surface area contributed by atoms with Gasteiger partial charge in [-0.15, -0.1) is 0 Å². The van der Waals surface area contributed by atoms with E-state index in [1.165, 1.54) is 12.8 Å². The van der Waals surface area contributed by atoms with Crippen LogP contribution in [0.5, 0.6) is 5.75 Å². The summed E-state index contributed by atoms with van der Waals surface area (Å²) >= 11 is 0. The number of para-hydroxylation sites is 1. The third-order valence-corrected chi connectivity index (χ3v) is 5.46. The largest absolute Gasteiger partial charge is 0.496 e. The Labute approximate surface area is 165 Å². The second kappa shape index (κ2) is 7.66. The molecule has 148 valence electrons. The summed E-state index contributed by atoms with van der Waals surface area (Å²) in [5.74, 6) is 2.32. The van der Waals surface area contributed by atoms with Gasteiger partial charge in [0.15, 0.2) is 0 Å². The molecule has 1 aromatic carbocycles. The van der Waals surface area contributed by atoms with E-state index in [0.29, 0.717) is 24.4 Å². The molecule has 7 nitrogen and oxygen atoms in total. The van der Waals surface area contributed by atoms with Gasteiger partial charge in [-0.25, -0.2) is 4.98 Å². The number of fused-ring (bicyclic) bond motifs is 1. The number of aromatic nitrogens is 2. The highest BCUT2D eigenvalue weighted by Crippen LogP contribution is 2.30. The lowest BCUT2D eigenvalue weighted by Gasteiger charge is -2.32. The first-order valence-corrected chi connectivity index (χ1v) is 9.83. The number of nitrogens with zero attached hydrogens (tertiary/aromatic N) is 5. The third kappa shape index (κ3) is 3.37. The summed E-state index contributed by atoms with van der Waals surface area (Å²) in [5, 5.41) is 0. The molecule has 0 atom stereocenters. The van der Waals surface area contributed by atoms with Crippen LogP contribution in [0.15, 0.2) is 24.3 Å². The van der Waals surface area contributed by atoms with Crippen LogP contribution in [0.1, 0.15) is 34.5 Å². The number of hydrogen-bond acceptors (Lipinski definition) is 6. The zero-order valence-electron chi connectivity index (χ0n) is 16.8. The Bertz CT molecular complexity index is 877. The van der Waals surface area contributed by atoms with Crippen molar-refractivity contribution in [2.45, 2.75) is 25.8 Å². The Balaban J connectivity index is 1.65. The lowest BCUT2D eigenvalue weighted by atomic mass is 10.0. The van der Waals surface area contributed by atoms with Gasteiger partial charge in [0.25, 0.3) is 5.91 Å². The van der Waals surface area contributed by atoms with Crippen molar-refractivity contribution < 1.29 is 9.53 Å². The molecule has 4 rings (SSSR count). The Kier molecular flexibility index (Phi) is 5.07. The Morgan fingerprint density at radius 3 is 2.57 bits per heavy atom. The van der Waals surface area contributed by atoms with Crippen molar-refractivity contribution in [3.63, 3.8) is 0 Å². The number of ether oxygens (including phenoxy) is 1. The van der Waals surface area contributed by atoms with Crippen molar-refractivity contribution in [1.29, 1.82) is 0 Å². The zero-order valence-corrected chi connectivity index (χ0v) is 16.8. The van der Waals surface area contributed by atoms with Crippen LogP contribution in [0.3, 0.4) is 0 Å². The Hall–Kier alpha value is -2.83. The van der Waals surface area contributed by atoms with Crippen LogP contribution in [0.25, 0.3) is 0 Å². The van der Waals surface area contributed by atoms with Gasteiger partial charge in [-0.3, -0.25) is 4.79 Å². The third-order valence-electron chi connectivity index (χ3n) is 5.46. The van der Waals surface area contributed by atoms with Crippen LogP contribution in [0, 0.1) is 0 Å². The fraction of sp³-hybridized carbons (Fsp3) is 0.476. The summed E-state index contributed by atoms with van der Waals surface area (Å²) < 4.78 is 5.38. The van der Waals surface area contributed by atoms with Gasteiger partial charge in [0.1, 0.15) is 11.6 Å². The number of carbonyl (C=O) groups is 1. The highest BCUT2D eigenvalue weighted by atomic mass is 16.5. The maximum Gasteiger partial charge on any atom is 0.257 e. The molecule has 0 N–H and O–H groups in total. The van der Waals surface area contributed by atoms with Crippen LogP contribution in [-0.4, -0.2) is 61.6 Å². The summed E-state index contributed by atoms with van der Waals surface area (Å²) in [5.41, 5.74) is 2.70. The molecule has 1 aromatic heterocycles. The molecule has 3 heterocycles. The normalized spacial score (nSPS) is 16.1. The van der Waals surface area contributed by atoms with Gasteiger partial charge in [-0.2, -0.15) is 4.98 Å². The minimum atomic E-state index is -0.0172. The highest BCUT2D eigenvalue weighted by Gasteiger charge is 2.29. The second-order valence-corrected chi connectivity index (χ2v) is 7.54. The van der Waals surface area contributed by atoms with E-state index in [1.807, 2.05) is 48.2 Å². The first-order chi connectivity index (χ1) is 13.6. The van der Waals surface area contributed by atoms with Gasteiger partial charge in [0.05, 0.1) is 24.9 Å². The van der Waals surface area contributed by atoms with Crippen molar-refractivity contribution in [3.8, 4) is 5.75 Å². The molecule has 0 spiro atoms. The summed E-state index contributed by atoms with van der Waals surface area (Å²) in [6.45, 7) is 3.20. The summed E-state index contributed by atoms with van der Waals surface area (Å²) in [7, 11) is 5.59. The quantitative estimate of drug-likeness (QED) is 0.810. The van der Waals surface area contributed by atoms with E-state index in [9.17, 15) is 4.79 Å². The fourth-order valence-corrected chi connectivity index (χ4v) is 3.98. The number of rotatable bonds is 4. The lowest BCUT2D eigenvalue weighted by Crippen LogP contribution is -2.38. The van der Waals surface area contributed by atoms with E-state index in [-0.39, 0.29) is 5.91 Å². The van der Waals surface area contributed by atoms with Crippen molar-refractivity contribution in [2.75, 3.05) is 50.6 Å². The highest BCUT2D eigenvalue weighted by molar-refractivity contribution is 5.97. The number of hydrogen-bond donors (Lipinski definition) is 0. The molecule has 1 fully saturated rings. The standard InChI is InChI=1S/C21H27N5O2/c1-24(2)19-16-14-26(20(27)15-8-4-5-9-18(15)28-3)13-10-17(16)22-21(23-19)25-11-6-7-12-25/h4-5,8-9H,6-7,10-14H2,1-3H3. The zero-order chi connectivity index (χ0) is 19.7. The van der Waals surface area contributed by atoms with Gasteiger partial charge in [-0.05, 0) is 25.0 Å². The molecular formula is C21H27N5O2. The van der Waals surface area contributed by atoms with Crippen molar-refractivity contribution in [1.82, 2.24) is 14.9 Å². The number of anilines is 2. The predicted molar refractivity (Wildman–Crippen MR) is 109 cm³/mol. The van der Waals surface area contributed by atoms with E-state index in [4.69, 9.17) is 14.7 Å². The number of amides is 1. The molecule has 0 radical (unpaired) electrons. The van der Waals surface area contributed by atoms with E-state index in [2.05, 4.69) is 4.90 Å². The summed E-state index contributed by atoms with van der Waals surface area (Å²) in [6, 6.07) is 7.38. The molecule has 2 aliphatic rings. The molecule has 7 heteroatoms. The molecule has 1 amide bonds. The molecule has 0 bridgehead atoms. The van der Waals surface area contributed by atoms with Crippen molar-refractivity contribution >= 4 is 17.7 Å². The minimum absolute atomic E-state index is 0.0172. The molecule has 2 aromatic rings. The summed E-state index contributed by atoms with van der Waals surface area (Å²) in [6.07, 6.45) is 3.12. The van der Waals surface area contributed by atoms with Crippen LogP contribution in [0.2, 0.25) is 0 Å². The monoisotopic (exact) mass is 381 g/mol. The van der Waals surface area contributed by atoms with Crippen LogP contribution in [0.4, 0.5) is 11.8 Å². The van der Waals surface area contributed by atoms with E-state index in [1.54, 1.807) is 7.11 Å². The lowest BCUT2D eigenvalue weighted by molar-refractivity contribution is 0.0730. The first-order valence-electron chi connectivity index (χ1n) is 9.83. The predicted octanol–water partition coefficient (Wildman–Crippen LogP) is 2.35. The van der Waals surface area contributed by atoms with Gasteiger partial charge in [0.2, 0.25) is 5.95 Å². The molecule has 28 heavy (non-hydrogen) atoms. The van der Waals surface area contributed by atoms with Crippen LogP contribution in [-0.2, 0) is 13.0 Å². The van der Waals surface area contributed by atoms with E-state index < -0.39 is 0 Å². The number of methoxy groups -OCH3 is 1. The van der Waals surface area contributed by atoms with Gasteiger partial charge >= 0.3 is 0 Å². The van der Waals surface area contributed by atoms with Crippen LogP contribution >= 0.6 is 0 Å². The minimum Gasteiger partial charge on any atom is -0.496 e. The number of carbonyl (C=O) groups excluding carboxylic acids is 1. The number of benzene rings is 1. The van der Waals surface area contributed by atoms with Gasteiger partial charge < -0.3 is 19.4 Å². The smallest absolute Gasteiger partial charge is 0.257 e. The average Bonchev–Trinajstić information content (AvgIpc) is 3.26. The van der Waals surface area contributed by atoms with Gasteiger partial charge in [0, 0.05) is 45.7 Å². The van der Waals surface area contributed by atoms with E-state index in [0.717, 1.165) is 42.5 Å². The van der Waals surface area contributed by atoms with Gasteiger partial charge in [-0.1, -0.05) is 12.1 Å². The average molecular weight is 381 g/mol. The summed E-state index contributed by atoms with van der Waals surface area (Å²) in [4.78, 5) is 29.0. The topological polar surface area (TPSA) is 61.8 Å². The van der Waals surface area contributed by atoms with Crippen molar-refractivity contribution in [3.05, 3.63) is 41.1 Å².